The summed E-state index contributed by atoms with van der Waals surface area (Å²) in [6.07, 6.45) is 7.42. The quantitative estimate of drug-likeness (QED) is 0.280. The van der Waals surface area contributed by atoms with Gasteiger partial charge in [-0.2, -0.15) is 0 Å². The summed E-state index contributed by atoms with van der Waals surface area (Å²) in [7, 11) is 0. The Morgan fingerprint density at radius 2 is 2.30 bits per heavy atom. The van der Waals surface area contributed by atoms with Gasteiger partial charge in [0.1, 0.15) is 0 Å². The van der Waals surface area contributed by atoms with E-state index in [0.29, 0.717) is 6.42 Å². The van der Waals surface area contributed by atoms with Crippen LogP contribution in [0.1, 0.15) is 25.7 Å². The Kier molecular flexibility index (Phi) is 2.76. The van der Waals surface area contributed by atoms with Gasteiger partial charge in [0.15, 0.2) is 0 Å². The minimum absolute atomic E-state index is 0.0868. The van der Waals surface area contributed by atoms with Crippen LogP contribution in [-0.2, 0) is 4.79 Å². The van der Waals surface area contributed by atoms with Crippen molar-refractivity contribution in [3.8, 4) is 11.8 Å². The minimum atomic E-state index is 0.0868. The highest BCUT2D eigenvalue weighted by atomic mass is 16.1. The van der Waals surface area contributed by atoms with Crippen molar-refractivity contribution in [2.45, 2.75) is 25.7 Å². The van der Waals surface area contributed by atoms with Crippen molar-refractivity contribution >= 4 is 5.78 Å². The van der Waals surface area contributed by atoms with E-state index in [1.807, 2.05) is 6.08 Å². The first-order valence-electron chi connectivity index (χ1n) is 3.56. The van der Waals surface area contributed by atoms with Gasteiger partial charge in [-0.05, 0) is 18.8 Å². The van der Waals surface area contributed by atoms with Crippen molar-refractivity contribution in [3.05, 3.63) is 12.2 Å². The number of hydrogen-bond donors (Lipinski definition) is 0. The molecule has 0 heterocycles. The van der Waals surface area contributed by atoms with Crippen LogP contribution in [0.2, 0.25) is 0 Å². The van der Waals surface area contributed by atoms with E-state index < -0.39 is 0 Å². The first-order chi connectivity index (χ1) is 4.89. The number of rotatable bonds is 0. The first-order valence-corrected chi connectivity index (χ1v) is 3.56. The molecule has 0 saturated carbocycles. The third kappa shape index (κ3) is 2.50. The van der Waals surface area contributed by atoms with E-state index in [9.17, 15) is 4.79 Å². The molecule has 0 aromatic heterocycles. The van der Waals surface area contributed by atoms with Gasteiger partial charge in [-0.25, -0.2) is 0 Å². The highest BCUT2D eigenvalue weighted by Gasteiger charge is 1.95. The highest BCUT2D eigenvalue weighted by Crippen LogP contribution is 1.99. The Hall–Kier alpha value is -1.03. The molecule has 0 spiro atoms. The Bertz CT molecular complexity index is 203. The van der Waals surface area contributed by atoms with E-state index in [1.165, 1.54) is 0 Å². The summed E-state index contributed by atoms with van der Waals surface area (Å²) in [6, 6.07) is 0. The molecule has 1 rings (SSSR count). The van der Waals surface area contributed by atoms with Gasteiger partial charge in [0.2, 0.25) is 5.78 Å². The summed E-state index contributed by atoms with van der Waals surface area (Å²) in [5.74, 6) is 5.46. The van der Waals surface area contributed by atoms with Gasteiger partial charge in [-0.3, -0.25) is 4.79 Å². The van der Waals surface area contributed by atoms with Crippen LogP contribution in [-0.4, -0.2) is 5.78 Å². The number of carbonyl (C=O) groups excluding carboxylic acids is 1. The van der Waals surface area contributed by atoms with Gasteiger partial charge in [0.25, 0.3) is 0 Å². The Morgan fingerprint density at radius 1 is 1.40 bits per heavy atom. The van der Waals surface area contributed by atoms with Gasteiger partial charge in [0, 0.05) is 12.8 Å². The van der Waals surface area contributed by atoms with Crippen LogP contribution in [0, 0.1) is 11.8 Å². The van der Waals surface area contributed by atoms with Crippen LogP contribution >= 0.6 is 0 Å². The molecule has 0 amide bonds. The Balaban J connectivity index is 2.53. The van der Waals surface area contributed by atoms with E-state index in [2.05, 4.69) is 17.9 Å². The molecule has 52 valence electrons. The van der Waals surface area contributed by atoms with E-state index >= 15 is 0 Å². The molecule has 0 aromatic rings. The van der Waals surface area contributed by atoms with Gasteiger partial charge in [-0.1, -0.05) is 18.1 Å². The maximum absolute atomic E-state index is 10.8. The lowest BCUT2D eigenvalue weighted by molar-refractivity contribution is -0.113. The maximum atomic E-state index is 10.8. The zero-order chi connectivity index (χ0) is 7.23. The van der Waals surface area contributed by atoms with Crippen molar-refractivity contribution in [2.24, 2.45) is 0 Å². The van der Waals surface area contributed by atoms with Crippen LogP contribution in [0.15, 0.2) is 12.2 Å². The van der Waals surface area contributed by atoms with Gasteiger partial charge in [0.05, 0.1) is 0 Å². The summed E-state index contributed by atoms with van der Waals surface area (Å²) in [5, 5.41) is 0. The fourth-order valence-corrected chi connectivity index (χ4v) is 0.853. The van der Waals surface area contributed by atoms with Crippen LogP contribution in [0.5, 0.6) is 0 Å². The number of allylic oxidation sites excluding steroid dienone is 2. The molecule has 0 N–H and O–H groups in total. The van der Waals surface area contributed by atoms with E-state index in [0.717, 1.165) is 19.3 Å². The summed E-state index contributed by atoms with van der Waals surface area (Å²) < 4.78 is 0. The number of ketones is 1. The molecule has 0 atom stereocenters. The van der Waals surface area contributed by atoms with Crippen molar-refractivity contribution in [3.63, 3.8) is 0 Å². The monoisotopic (exact) mass is 134 g/mol. The third-order valence-corrected chi connectivity index (χ3v) is 1.39. The maximum Gasteiger partial charge on any atom is 0.205 e. The Labute approximate surface area is 61.1 Å². The predicted octanol–water partition coefficient (Wildman–Crippen LogP) is 1.69. The third-order valence-electron chi connectivity index (χ3n) is 1.39. The summed E-state index contributed by atoms with van der Waals surface area (Å²) >= 11 is 0. The van der Waals surface area contributed by atoms with Gasteiger partial charge >= 0.3 is 0 Å². The lowest BCUT2D eigenvalue weighted by atomic mass is 10.2. The number of carbonyl (C=O) groups is 1. The minimum Gasteiger partial charge on any atom is -0.285 e. The molecular weight excluding hydrogens is 124 g/mol. The largest absolute Gasteiger partial charge is 0.285 e. The molecule has 0 fully saturated rings. The van der Waals surface area contributed by atoms with Crippen LogP contribution in [0.4, 0.5) is 0 Å². The molecule has 0 aliphatic heterocycles. The van der Waals surface area contributed by atoms with Gasteiger partial charge in [-0.15, -0.1) is 0 Å². The molecule has 10 heavy (non-hydrogen) atoms. The van der Waals surface area contributed by atoms with Crippen molar-refractivity contribution in [1.82, 2.24) is 0 Å². The lowest BCUT2D eigenvalue weighted by Gasteiger charge is -1.87. The average Bonchev–Trinajstić information content (AvgIpc) is 2.02. The number of hydrogen-bond acceptors (Lipinski definition) is 1. The fourth-order valence-electron chi connectivity index (χ4n) is 0.853. The second kappa shape index (κ2) is 3.90. The zero-order valence-corrected chi connectivity index (χ0v) is 5.89. The average molecular weight is 134 g/mol. The number of Topliss-reactive ketones (excluding diaryl/α,β-unsaturated/α-hetero) is 1. The molecule has 1 heteroatoms. The normalized spacial score (nSPS) is 21.4. The molecular formula is C9H10O. The fraction of sp³-hybridized carbons (Fsp3) is 0.444. The molecule has 1 nitrogen and oxygen atoms in total. The molecule has 1 aliphatic rings. The second-order valence-corrected chi connectivity index (χ2v) is 2.29. The lowest BCUT2D eigenvalue weighted by Crippen LogP contribution is -1.91. The van der Waals surface area contributed by atoms with Crippen molar-refractivity contribution in [2.75, 3.05) is 0 Å². The van der Waals surface area contributed by atoms with E-state index in [-0.39, 0.29) is 5.78 Å². The molecule has 0 aromatic carbocycles. The summed E-state index contributed by atoms with van der Waals surface area (Å²) in [4.78, 5) is 10.8. The first kappa shape index (κ1) is 7.08. The van der Waals surface area contributed by atoms with Crippen molar-refractivity contribution in [1.29, 1.82) is 0 Å². The van der Waals surface area contributed by atoms with E-state index in [1.54, 1.807) is 0 Å². The van der Waals surface area contributed by atoms with Crippen LogP contribution in [0.25, 0.3) is 0 Å². The SMILES string of the molecule is O=C1C#CC/C=C\CCC1. The topological polar surface area (TPSA) is 17.1 Å². The Morgan fingerprint density at radius 3 is 3.20 bits per heavy atom. The molecule has 1 aliphatic carbocycles. The summed E-state index contributed by atoms with van der Waals surface area (Å²) in [5.41, 5.74) is 0. The predicted molar refractivity (Wildman–Crippen MR) is 40.4 cm³/mol. The van der Waals surface area contributed by atoms with E-state index in [4.69, 9.17) is 0 Å². The molecule has 0 bridgehead atoms. The molecule has 0 radical (unpaired) electrons. The smallest absolute Gasteiger partial charge is 0.205 e. The van der Waals surface area contributed by atoms with Crippen molar-refractivity contribution < 1.29 is 4.79 Å². The standard InChI is InChI=1S/C9H10O/c10-9-7-5-3-1-2-4-6-8-9/h1-2H,3-5,7H2/b2-1-. The molecule has 0 saturated heterocycles. The summed E-state index contributed by atoms with van der Waals surface area (Å²) in [6.45, 7) is 0. The van der Waals surface area contributed by atoms with Crippen LogP contribution < -0.4 is 0 Å². The zero-order valence-electron chi connectivity index (χ0n) is 5.89. The van der Waals surface area contributed by atoms with Crippen LogP contribution in [0.3, 0.4) is 0 Å². The van der Waals surface area contributed by atoms with Gasteiger partial charge < -0.3 is 0 Å². The highest BCUT2D eigenvalue weighted by molar-refractivity contribution is 5.95. The second-order valence-electron chi connectivity index (χ2n) is 2.29. The molecule has 0 unspecified atom stereocenters.